The molecule has 1 heterocycles. The number of Topliss-reactive ketones (excluding diaryl/α,β-unsaturated/α-hetero) is 1. The van der Waals surface area contributed by atoms with Crippen molar-refractivity contribution in [3.63, 3.8) is 0 Å². The number of aryl methyl sites for hydroxylation is 1. The number of hydrogen-bond acceptors (Lipinski definition) is 3. The highest BCUT2D eigenvalue weighted by molar-refractivity contribution is 5.96. The van der Waals surface area contributed by atoms with E-state index >= 15 is 0 Å². The van der Waals surface area contributed by atoms with Crippen molar-refractivity contribution in [3.05, 3.63) is 11.9 Å². The minimum absolute atomic E-state index is 0.156. The number of ketones is 1. The lowest BCUT2D eigenvalue weighted by atomic mass is 10.1. The Balaban J connectivity index is 2.47. The second-order valence-electron chi connectivity index (χ2n) is 5.23. The predicted octanol–water partition coefficient (Wildman–Crippen LogP) is 4.24. The lowest BCUT2D eigenvalue weighted by Crippen LogP contribution is -2.11. The van der Waals surface area contributed by atoms with Gasteiger partial charge in [-0.2, -0.15) is 5.10 Å². The van der Waals surface area contributed by atoms with Crippen LogP contribution in [0, 0.1) is 0 Å². The minimum atomic E-state index is 0.156. The number of methoxy groups -OCH3 is 1. The summed E-state index contributed by atoms with van der Waals surface area (Å²) in [5.41, 5.74) is 0.642. The fourth-order valence-electron chi connectivity index (χ4n) is 2.36. The topological polar surface area (TPSA) is 44.1 Å². The highest BCUT2D eigenvalue weighted by Gasteiger charge is 2.18. The fraction of sp³-hybridized carbons (Fsp3) is 0.750. The van der Waals surface area contributed by atoms with Crippen LogP contribution in [0.4, 0.5) is 0 Å². The number of rotatable bonds is 11. The van der Waals surface area contributed by atoms with Gasteiger partial charge in [-0.15, -0.1) is 0 Å². The molecule has 4 nitrogen and oxygen atoms in total. The Kier molecular flexibility index (Phi) is 8.00. The van der Waals surface area contributed by atoms with Gasteiger partial charge < -0.3 is 4.74 Å². The third-order valence-corrected chi connectivity index (χ3v) is 3.48. The first-order valence-corrected chi connectivity index (χ1v) is 7.87. The highest BCUT2D eigenvalue weighted by atomic mass is 16.5. The van der Waals surface area contributed by atoms with Crippen molar-refractivity contribution in [3.8, 4) is 5.75 Å². The number of unbranched alkanes of at least 4 members (excludes halogenated alkanes) is 5. The van der Waals surface area contributed by atoms with Gasteiger partial charge in [-0.05, 0) is 12.8 Å². The van der Waals surface area contributed by atoms with E-state index in [1.807, 2.05) is 0 Å². The molecule has 0 unspecified atom stereocenters. The maximum Gasteiger partial charge on any atom is 0.184 e. The first-order valence-electron chi connectivity index (χ1n) is 7.87. The summed E-state index contributed by atoms with van der Waals surface area (Å²) in [6, 6.07) is 0. The van der Waals surface area contributed by atoms with Gasteiger partial charge in [0, 0.05) is 13.0 Å². The molecule has 0 N–H and O–H groups in total. The second-order valence-corrected chi connectivity index (χ2v) is 5.23. The molecule has 0 radical (unpaired) electrons. The van der Waals surface area contributed by atoms with E-state index in [4.69, 9.17) is 4.74 Å². The standard InChI is InChI=1S/C16H28N2O2/c1-4-6-7-8-9-10-11-14(19)16-15(20-3)13-17-18(16)12-5-2/h13H,4-12H2,1-3H3. The maximum atomic E-state index is 12.3. The van der Waals surface area contributed by atoms with Crippen molar-refractivity contribution < 1.29 is 9.53 Å². The van der Waals surface area contributed by atoms with E-state index in [0.717, 1.165) is 25.8 Å². The molecule has 0 amide bonds. The van der Waals surface area contributed by atoms with Crippen molar-refractivity contribution in [1.29, 1.82) is 0 Å². The zero-order valence-electron chi connectivity index (χ0n) is 13.2. The third-order valence-electron chi connectivity index (χ3n) is 3.48. The van der Waals surface area contributed by atoms with E-state index in [-0.39, 0.29) is 5.78 Å². The maximum absolute atomic E-state index is 12.3. The highest BCUT2D eigenvalue weighted by Crippen LogP contribution is 2.21. The van der Waals surface area contributed by atoms with Crippen LogP contribution < -0.4 is 4.74 Å². The summed E-state index contributed by atoms with van der Waals surface area (Å²) in [7, 11) is 1.59. The van der Waals surface area contributed by atoms with Gasteiger partial charge in [0.25, 0.3) is 0 Å². The van der Waals surface area contributed by atoms with Gasteiger partial charge in [0.1, 0.15) is 5.69 Å². The number of ether oxygens (including phenoxy) is 1. The van der Waals surface area contributed by atoms with Crippen LogP contribution in [0.5, 0.6) is 5.75 Å². The molecule has 0 bridgehead atoms. The van der Waals surface area contributed by atoms with Gasteiger partial charge in [0.05, 0.1) is 13.3 Å². The molecule has 0 atom stereocenters. The lowest BCUT2D eigenvalue weighted by Gasteiger charge is -2.07. The number of hydrogen-bond donors (Lipinski definition) is 0. The molecule has 1 aromatic heterocycles. The zero-order valence-corrected chi connectivity index (χ0v) is 13.2. The molecule has 4 heteroatoms. The van der Waals surface area contributed by atoms with Gasteiger partial charge in [-0.1, -0.05) is 46.0 Å². The molecule has 0 fully saturated rings. The molecule has 0 aliphatic heterocycles. The summed E-state index contributed by atoms with van der Waals surface area (Å²) in [5, 5.41) is 4.24. The second kappa shape index (κ2) is 9.56. The molecule has 0 saturated carbocycles. The molecule has 0 aliphatic carbocycles. The van der Waals surface area contributed by atoms with E-state index in [9.17, 15) is 4.79 Å². The Morgan fingerprint density at radius 1 is 1.15 bits per heavy atom. The Bertz CT molecular complexity index is 399. The van der Waals surface area contributed by atoms with E-state index < -0.39 is 0 Å². The number of aromatic nitrogens is 2. The number of carbonyl (C=O) groups excluding carboxylic acids is 1. The van der Waals surface area contributed by atoms with E-state index in [1.54, 1.807) is 18.0 Å². The molecule has 1 aromatic rings. The first-order chi connectivity index (χ1) is 9.74. The van der Waals surface area contributed by atoms with Crippen LogP contribution in [0.25, 0.3) is 0 Å². The quantitative estimate of drug-likeness (QED) is 0.450. The van der Waals surface area contributed by atoms with Gasteiger partial charge in [0.15, 0.2) is 11.5 Å². The monoisotopic (exact) mass is 280 g/mol. The molecular formula is C16H28N2O2. The van der Waals surface area contributed by atoms with Gasteiger partial charge in [-0.25, -0.2) is 0 Å². The summed E-state index contributed by atoms with van der Waals surface area (Å²) in [5.74, 6) is 0.762. The van der Waals surface area contributed by atoms with Gasteiger partial charge in [-0.3, -0.25) is 9.48 Å². The molecular weight excluding hydrogens is 252 g/mol. The van der Waals surface area contributed by atoms with Crippen LogP contribution >= 0.6 is 0 Å². The Hall–Kier alpha value is -1.32. The van der Waals surface area contributed by atoms with Crippen LogP contribution in [0.3, 0.4) is 0 Å². The molecule has 0 spiro atoms. The Morgan fingerprint density at radius 2 is 1.85 bits per heavy atom. The normalized spacial score (nSPS) is 10.8. The van der Waals surface area contributed by atoms with Crippen LogP contribution in [-0.2, 0) is 6.54 Å². The van der Waals surface area contributed by atoms with Crippen molar-refractivity contribution in [2.24, 2.45) is 0 Å². The van der Waals surface area contributed by atoms with E-state index in [1.165, 1.54) is 25.7 Å². The predicted molar refractivity (Wildman–Crippen MR) is 81.4 cm³/mol. The number of carbonyl (C=O) groups is 1. The van der Waals surface area contributed by atoms with Gasteiger partial charge >= 0.3 is 0 Å². The van der Waals surface area contributed by atoms with Crippen LogP contribution in [0.2, 0.25) is 0 Å². The minimum Gasteiger partial charge on any atom is -0.493 e. The van der Waals surface area contributed by atoms with Crippen molar-refractivity contribution in [1.82, 2.24) is 9.78 Å². The van der Waals surface area contributed by atoms with Crippen molar-refractivity contribution >= 4 is 5.78 Å². The van der Waals surface area contributed by atoms with Crippen LogP contribution in [-0.4, -0.2) is 22.7 Å². The Labute approximate surface area is 122 Å². The molecule has 114 valence electrons. The molecule has 1 rings (SSSR count). The summed E-state index contributed by atoms with van der Waals surface area (Å²) in [6.45, 7) is 5.06. The Morgan fingerprint density at radius 3 is 2.50 bits per heavy atom. The average Bonchev–Trinajstić information content (AvgIpc) is 2.86. The van der Waals surface area contributed by atoms with Crippen LogP contribution in [0.15, 0.2) is 6.20 Å². The smallest absolute Gasteiger partial charge is 0.184 e. The largest absolute Gasteiger partial charge is 0.493 e. The molecule has 0 aromatic carbocycles. The van der Waals surface area contributed by atoms with E-state index in [0.29, 0.717) is 17.9 Å². The van der Waals surface area contributed by atoms with Gasteiger partial charge in [0.2, 0.25) is 0 Å². The molecule has 0 aliphatic rings. The van der Waals surface area contributed by atoms with Crippen molar-refractivity contribution in [2.75, 3.05) is 7.11 Å². The number of nitrogens with zero attached hydrogens (tertiary/aromatic N) is 2. The first kappa shape index (κ1) is 16.7. The molecule has 20 heavy (non-hydrogen) atoms. The summed E-state index contributed by atoms with van der Waals surface area (Å²) in [4.78, 5) is 12.3. The zero-order chi connectivity index (χ0) is 14.8. The SMILES string of the molecule is CCCCCCCCC(=O)c1c(OC)cnn1CCC. The van der Waals surface area contributed by atoms with Crippen LogP contribution in [0.1, 0.15) is 75.7 Å². The summed E-state index contributed by atoms with van der Waals surface area (Å²) < 4.78 is 7.02. The van der Waals surface area contributed by atoms with Crippen molar-refractivity contribution in [2.45, 2.75) is 71.8 Å². The fourth-order valence-corrected chi connectivity index (χ4v) is 2.36. The van der Waals surface area contributed by atoms with E-state index in [2.05, 4.69) is 18.9 Å². The molecule has 0 saturated heterocycles. The third kappa shape index (κ3) is 4.99. The average molecular weight is 280 g/mol. The summed E-state index contributed by atoms with van der Waals surface area (Å²) >= 11 is 0. The lowest BCUT2D eigenvalue weighted by molar-refractivity contribution is 0.0965. The summed E-state index contributed by atoms with van der Waals surface area (Å²) in [6.07, 6.45) is 10.4.